The molecule has 0 spiro atoms. The first-order valence-electron chi connectivity index (χ1n) is 5.36. The average Bonchev–Trinajstić information content (AvgIpc) is 2.37. The Bertz CT molecular complexity index is 605. The van der Waals surface area contributed by atoms with E-state index in [9.17, 15) is 0 Å². The Labute approximate surface area is 110 Å². The maximum absolute atomic E-state index is 8.98. The molecule has 0 fully saturated rings. The second kappa shape index (κ2) is 5.44. The SMILES string of the molecule is N#Cc1cc(N)ccc1OCc1cccc(Cl)c1. The van der Waals surface area contributed by atoms with Crippen LogP contribution in [0.3, 0.4) is 0 Å². The predicted octanol–water partition coefficient (Wildman–Crippen LogP) is 3.37. The normalized spacial score (nSPS) is 9.78. The van der Waals surface area contributed by atoms with Crippen LogP contribution in [0, 0.1) is 11.3 Å². The van der Waals surface area contributed by atoms with E-state index in [1.807, 2.05) is 18.2 Å². The first-order chi connectivity index (χ1) is 8.69. The molecule has 3 nitrogen and oxygen atoms in total. The van der Waals surface area contributed by atoms with Gasteiger partial charge in [0.05, 0.1) is 5.56 Å². The number of hydrogen-bond acceptors (Lipinski definition) is 3. The van der Waals surface area contributed by atoms with Crippen LogP contribution in [-0.2, 0) is 6.61 Å². The summed E-state index contributed by atoms with van der Waals surface area (Å²) in [4.78, 5) is 0. The van der Waals surface area contributed by atoms with Crippen molar-refractivity contribution in [2.45, 2.75) is 6.61 Å². The lowest BCUT2D eigenvalue weighted by molar-refractivity contribution is 0.305. The fourth-order valence-electron chi connectivity index (χ4n) is 1.55. The van der Waals surface area contributed by atoms with Gasteiger partial charge in [0.25, 0.3) is 0 Å². The molecular formula is C14H11ClN2O. The molecule has 0 aliphatic heterocycles. The van der Waals surface area contributed by atoms with E-state index in [1.54, 1.807) is 24.3 Å². The lowest BCUT2D eigenvalue weighted by atomic mass is 10.2. The van der Waals surface area contributed by atoms with Crippen LogP contribution in [0.25, 0.3) is 0 Å². The highest BCUT2D eigenvalue weighted by molar-refractivity contribution is 6.30. The molecule has 0 bridgehead atoms. The maximum atomic E-state index is 8.98. The maximum Gasteiger partial charge on any atom is 0.137 e. The largest absolute Gasteiger partial charge is 0.488 e. The number of ether oxygens (including phenoxy) is 1. The van der Waals surface area contributed by atoms with Crippen molar-refractivity contribution < 1.29 is 4.74 Å². The summed E-state index contributed by atoms with van der Waals surface area (Å²) in [6, 6.07) is 14.4. The highest BCUT2D eigenvalue weighted by Crippen LogP contribution is 2.22. The third-order valence-corrected chi connectivity index (χ3v) is 2.64. The van der Waals surface area contributed by atoms with E-state index in [0.717, 1.165) is 5.56 Å². The van der Waals surface area contributed by atoms with Crippen LogP contribution < -0.4 is 10.5 Å². The molecule has 0 atom stereocenters. The van der Waals surface area contributed by atoms with Gasteiger partial charge in [-0.3, -0.25) is 0 Å². The molecule has 0 aromatic heterocycles. The van der Waals surface area contributed by atoms with Crippen LogP contribution >= 0.6 is 11.6 Å². The molecule has 0 saturated heterocycles. The number of halogens is 1. The minimum atomic E-state index is 0.360. The Hall–Kier alpha value is -2.18. The van der Waals surface area contributed by atoms with E-state index in [4.69, 9.17) is 27.3 Å². The van der Waals surface area contributed by atoms with Crippen LogP contribution in [0.1, 0.15) is 11.1 Å². The fraction of sp³-hybridized carbons (Fsp3) is 0.0714. The van der Waals surface area contributed by atoms with Crippen molar-refractivity contribution in [3.05, 3.63) is 58.6 Å². The van der Waals surface area contributed by atoms with E-state index in [2.05, 4.69) is 6.07 Å². The zero-order chi connectivity index (χ0) is 13.0. The van der Waals surface area contributed by atoms with Gasteiger partial charge >= 0.3 is 0 Å². The summed E-state index contributed by atoms with van der Waals surface area (Å²) in [5.74, 6) is 0.520. The number of rotatable bonds is 3. The van der Waals surface area contributed by atoms with Crippen molar-refractivity contribution in [3.63, 3.8) is 0 Å². The standard InChI is InChI=1S/C14H11ClN2O/c15-12-3-1-2-10(6-12)9-18-14-5-4-13(17)7-11(14)8-16/h1-7H,9,17H2. The van der Waals surface area contributed by atoms with Crippen molar-refractivity contribution in [2.24, 2.45) is 0 Å². The Kier molecular flexibility index (Phi) is 3.71. The van der Waals surface area contributed by atoms with E-state index in [-0.39, 0.29) is 0 Å². The number of benzene rings is 2. The van der Waals surface area contributed by atoms with Crippen molar-refractivity contribution in [1.29, 1.82) is 5.26 Å². The van der Waals surface area contributed by atoms with Crippen LogP contribution in [-0.4, -0.2) is 0 Å². The average molecular weight is 259 g/mol. The first kappa shape index (κ1) is 12.3. The Balaban J connectivity index is 2.14. The first-order valence-corrected chi connectivity index (χ1v) is 5.73. The minimum Gasteiger partial charge on any atom is -0.488 e. The van der Waals surface area contributed by atoms with Gasteiger partial charge < -0.3 is 10.5 Å². The summed E-state index contributed by atoms with van der Waals surface area (Å²) in [7, 11) is 0. The van der Waals surface area contributed by atoms with Crippen molar-refractivity contribution >= 4 is 17.3 Å². The molecule has 2 rings (SSSR count). The van der Waals surface area contributed by atoms with Gasteiger partial charge in [-0.05, 0) is 35.9 Å². The topological polar surface area (TPSA) is 59.0 Å². The van der Waals surface area contributed by atoms with Crippen molar-refractivity contribution in [3.8, 4) is 11.8 Å². The number of nitriles is 1. The smallest absolute Gasteiger partial charge is 0.137 e. The zero-order valence-corrected chi connectivity index (χ0v) is 10.3. The summed E-state index contributed by atoms with van der Waals surface area (Å²) < 4.78 is 5.59. The fourth-order valence-corrected chi connectivity index (χ4v) is 1.76. The molecule has 0 unspecified atom stereocenters. The summed E-state index contributed by atoms with van der Waals surface area (Å²) in [6.45, 7) is 0.360. The summed E-state index contributed by atoms with van der Waals surface area (Å²) >= 11 is 5.88. The summed E-state index contributed by atoms with van der Waals surface area (Å²) in [5, 5.41) is 9.64. The van der Waals surface area contributed by atoms with Gasteiger partial charge in [-0.1, -0.05) is 23.7 Å². The molecule has 90 valence electrons. The number of nitrogen functional groups attached to an aromatic ring is 1. The Morgan fingerprint density at radius 1 is 1.22 bits per heavy atom. The van der Waals surface area contributed by atoms with Gasteiger partial charge in [0.1, 0.15) is 18.4 Å². The molecule has 2 aromatic carbocycles. The molecule has 0 heterocycles. The van der Waals surface area contributed by atoms with Crippen molar-refractivity contribution in [1.82, 2.24) is 0 Å². The van der Waals surface area contributed by atoms with Gasteiger partial charge in [0.2, 0.25) is 0 Å². The van der Waals surface area contributed by atoms with E-state index in [0.29, 0.717) is 28.6 Å². The third-order valence-electron chi connectivity index (χ3n) is 2.41. The third kappa shape index (κ3) is 2.93. The van der Waals surface area contributed by atoms with Gasteiger partial charge in [0.15, 0.2) is 0 Å². The van der Waals surface area contributed by atoms with Crippen LogP contribution in [0.5, 0.6) is 5.75 Å². The van der Waals surface area contributed by atoms with Gasteiger partial charge in [-0.25, -0.2) is 0 Å². The van der Waals surface area contributed by atoms with Crippen LogP contribution in [0.15, 0.2) is 42.5 Å². The highest BCUT2D eigenvalue weighted by Gasteiger charge is 2.04. The molecule has 2 N–H and O–H groups in total. The quantitative estimate of drug-likeness (QED) is 0.859. The van der Waals surface area contributed by atoms with E-state index >= 15 is 0 Å². The molecule has 2 aromatic rings. The Morgan fingerprint density at radius 2 is 2.06 bits per heavy atom. The van der Waals surface area contributed by atoms with Crippen LogP contribution in [0.2, 0.25) is 5.02 Å². The number of nitrogens with two attached hydrogens (primary N) is 1. The van der Waals surface area contributed by atoms with E-state index < -0.39 is 0 Å². The zero-order valence-electron chi connectivity index (χ0n) is 9.56. The van der Waals surface area contributed by atoms with Crippen LogP contribution in [0.4, 0.5) is 5.69 Å². The molecule has 18 heavy (non-hydrogen) atoms. The molecule has 0 amide bonds. The number of hydrogen-bond donors (Lipinski definition) is 1. The molecule has 0 saturated carbocycles. The molecule has 0 radical (unpaired) electrons. The molecule has 0 aliphatic carbocycles. The second-order valence-electron chi connectivity index (χ2n) is 3.79. The molecule has 4 heteroatoms. The number of anilines is 1. The summed E-state index contributed by atoms with van der Waals surface area (Å²) in [5.41, 5.74) is 7.52. The molecule has 0 aliphatic rings. The highest BCUT2D eigenvalue weighted by atomic mass is 35.5. The Morgan fingerprint density at radius 3 is 2.78 bits per heavy atom. The lowest BCUT2D eigenvalue weighted by Gasteiger charge is -2.08. The number of nitrogens with zero attached hydrogens (tertiary/aromatic N) is 1. The van der Waals surface area contributed by atoms with Crippen molar-refractivity contribution in [2.75, 3.05) is 5.73 Å². The lowest BCUT2D eigenvalue weighted by Crippen LogP contribution is -1.98. The summed E-state index contributed by atoms with van der Waals surface area (Å²) in [6.07, 6.45) is 0. The van der Waals surface area contributed by atoms with E-state index in [1.165, 1.54) is 0 Å². The predicted molar refractivity (Wildman–Crippen MR) is 71.4 cm³/mol. The van der Waals surface area contributed by atoms with Gasteiger partial charge in [-0.2, -0.15) is 5.26 Å². The van der Waals surface area contributed by atoms with Gasteiger partial charge in [0, 0.05) is 10.7 Å². The minimum absolute atomic E-state index is 0.360. The molecular weight excluding hydrogens is 248 g/mol. The second-order valence-corrected chi connectivity index (χ2v) is 4.22. The monoisotopic (exact) mass is 258 g/mol. The van der Waals surface area contributed by atoms with Gasteiger partial charge in [-0.15, -0.1) is 0 Å².